The summed E-state index contributed by atoms with van der Waals surface area (Å²) in [5.41, 5.74) is 8.55. The Labute approximate surface area is 114 Å². The average molecular weight is 258 g/mol. The lowest BCUT2D eigenvalue weighted by molar-refractivity contribution is -0.136. The van der Waals surface area contributed by atoms with Gasteiger partial charge in [0.1, 0.15) is 0 Å². The highest BCUT2D eigenvalue weighted by molar-refractivity contribution is 5.80. The molecule has 2 atom stereocenters. The summed E-state index contributed by atoms with van der Waals surface area (Å²) >= 11 is 0. The highest BCUT2D eigenvalue weighted by Crippen LogP contribution is 2.29. The first-order valence-corrected chi connectivity index (χ1v) is 7.37. The van der Waals surface area contributed by atoms with Gasteiger partial charge in [0.15, 0.2) is 0 Å². The zero-order chi connectivity index (χ0) is 13.2. The van der Waals surface area contributed by atoms with Crippen LogP contribution in [-0.4, -0.2) is 29.9 Å². The van der Waals surface area contributed by atoms with Gasteiger partial charge in [-0.05, 0) is 43.2 Å². The summed E-state index contributed by atoms with van der Waals surface area (Å²) in [7, 11) is 0. The van der Waals surface area contributed by atoms with Crippen LogP contribution in [0.15, 0.2) is 24.3 Å². The number of nitrogens with zero attached hydrogens (tertiary/aromatic N) is 1. The first kappa shape index (κ1) is 12.7. The fraction of sp³-hybridized carbons (Fsp3) is 0.562. The lowest BCUT2D eigenvalue weighted by Gasteiger charge is -2.31. The molecule has 2 N–H and O–H groups in total. The zero-order valence-corrected chi connectivity index (χ0v) is 11.3. The van der Waals surface area contributed by atoms with Gasteiger partial charge in [-0.3, -0.25) is 4.79 Å². The fourth-order valence-corrected chi connectivity index (χ4v) is 3.51. The molecule has 1 aliphatic carbocycles. The molecule has 0 aromatic heterocycles. The van der Waals surface area contributed by atoms with Crippen molar-refractivity contribution in [3.63, 3.8) is 0 Å². The van der Waals surface area contributed by atoms with Crippen LogP contribution in [0.4, 0.5) is 0 Å². The quantitative estimate of drug-likeness (QED) is 0.878. The first-order valence-electron chi connectivity index (χ1n) is 7.37. The molecular formula is C16H22N2O. The predicted molar refractivity (Wildman–Crippen MR) is 75.7 cm³/mol. The minimum absolute atomic E-state index is 0.169. The monoisotopic (exact) mass is 258 g/mol. The number of rotatable bonds is 2. The zero-order valence-electron chi connectivity index (χ0n) is 11.3. The maximum Gasteiger partial charge on any atom is 0.226 e. The van der Waals surface area contributed by atoms with Crippen LogP contribution in [0.1, 0.15) is 30.4 Å². The van der Waals surface area contributed by atoms with Crippen LogP contribution in [0.5, 0.6) is 0 Å². The molecule has 3 rings (SSSR count). The molecule has 0 spiro atoms. The molecule has 0 saturated carbocycles. The largest absolute Gasteiger partial charge is 0.338 e. The minimum atomic E-state index is 0.169. The molecule has 1 fully saturated rings. The maximum absolute atomic E-state index is 12.6. The number of benzene rings is 1. The number of fused-ring (bicyclic) bond motifs is 1. The van der Waals surface area contributed by atoms with E-state index in [1.165, 1.54) is 11.1 Å². The highest BCUT2D eigenvalue weighted by Gasteiger charge is 2.33. The normalized spacial score (nSPS) is 26.3. The van der Waals surface area contributed by atoms with Gasteiger partial charge in [-0.2, -0.15) is 0 Å². The van der Waals surface area contributed by atoms with Crippen molar-refractivity contribution in [1.82, 2.24) is 4.90 Å². The third-order valence-electron chi connectivity index (χ3n) is 4.63. The van der Waals surface area contributed by atoms with Crippen LogP contribution in [-0.2, 0) is 17.6 Å². The summed E-state index contributed by atoms with van der Waals surface area (Å²) in [5.74, 6) is 0.504. The summed E-state index contributed by atoms with van der Waals surface area (Å²) in [4.78, 5) is 14.7. The van der Waals surface area contributed by atoms with Gasteiger partial charge in [0.2, 0.25) is 5.91 Å². The number of hydrogen-bond acceptors (Lipinski definition) is 2. The summed E-state index contributed by atoms with van der Waals surface area (Å²) in [5, 5.41) is 0. The van der Waals surface area contributed by atoms with Crippen molar-refractivity contribution in [3.8, 4) is 0 Å². The maximum atomic E-state index is 12.6. The minimum Gasteiger partial charge on any atom is -0.338 e. The number of nitrogens with two attached hydrogens (primary N) is 1. The van der Waals surface area contributed by atoms with Crippen LogP contribution in [0, 0.1) is 5.92 Å². The third-order valence-corrected chi connectivity index (χ3v) is 4.63. The van der Waals surface area contributed by atoms with E-state index in [9.17, 15) is 4.79 Å². The van der Waals surface area contributed by atoms with Gasteiger partial charge >= 0.3 is 0 Å². The van der Waals surface area contributed by atoms with Crippen LogP contribution >= 0.6 is 0 Å². The van der Waals surface area contributed by atoms with Crippen LogP contribution < -0.4 is 5.73 Å². The van der Waals surface area contributed by atoms with E-state index < -0.39 is 0 Å². The van der Waals surface area contributed by atoms with Crippen LogP contribution in [0.25, 0.3) is 0 Å². The number of carbonyl (C=O) groups excluding carboxylic acids is 1. The Balaban J connectivity index is 1.72. The van der Waals surface area contributed by atoms with Crippen molar-refractivity contribution in [1.29, 1.82) is 0 Å². The van der Waals surface area contributed by atoms with E-state index in [2.05, 4.69) is 24.3 Å². The number of likely N-dealkylation sites (tertiary alicyclic amines) is 1. The van der Waals surface area contributed by atoms with Crippen molar-refractivity contribution >= 4 is 5.91 Å². The molecular weight excluding hydrogens is 236 g/mol. The molecule has 1 aliphatic heterocycles. The Morgan fingerprint density at radius 1 is 1.26 bits per heavy atom. The summed E-state index contributed by atoms with van der Waals surface area (Å²) in [6.45, 7) is 1.51. The SMILES string of the molecule is NCC1CCCN1C(=O)C1CCc2ccccc2C1. The smallest absolute Gasteiger partial charge is 0.226 e. The molecule has 2 unspecified atom stereocenters. The second-order valence-electron chi connectivity index (χ2n) is 5.77. The number of hydrogen-bond donors (Lipinski definition) is 1. The van der Waals surface area contributed by atoms with E-state index in [0.29, 0.717) is 12.5 Å². The Morgan fingerprint density at radius 2 is 2.05 bits per heavy atom. The number of amides is 1. The molecule has 3 nitrogen and oxygen atoms in total. The lowest BCUT2D eigenvalue weighted by Crippen LogP contribution is -2.44. The Hall–Kier alpha value is -1.35. The molecule has 102 valence electrons. The number of aryl methyl sites for hydroxylation is 1. The summed E-state index contributed by atoms with van der Waals surface area (Å²) in [6.07, 6.45) is 5.11. The van der Waals surface area contributed by atoms with Crippen molar-refractivity contribution in [2.45, 2.75) is 38.1 Å². The summed E-state index contributed by atoms with van der Waals surface area (Å²) in [6, 6.07) is 8.80. The average Bonchev–Trinajstić information content (AvgIpc) is 2.94. The van der Waals surface area contributed by atoms with E-state index in [0.717, 1.165) is 38.6 Å². The van der Waals surface area contributed by atoms with Crippen molar-refractivity contribution in [3.05, 3.63) is 35.4 Å². The van der Waals surface area contributed by atoms with E-state index in [4.69, 9.17) is 5.73 Å². The van der Waals surface area contributed by atoms with Gasteiger partial charge in [0, 0.05) is 25.0 Å². The second-order valence-corrected chi connectivity index (χ2v) is 5.77. The molecule has 1 aromatic rings. The molecule has 3 heteroatoms. The van der Waals surface area contributed by atoms with Gasteiger partial charge in [-0.25, -0.2) is 0 Å². The van der Waals surface area contributed by atoms with Crippen molar-refractivity contribution in [2.24, 2.45) is 11.7 Å². The second kappa shape index (κ2) is 5.33. The Bertz CT molecular complexity index is 472. The standard InChI is InChI=1S/C16H22N2O/c17-11-15-6-3-9-18(15)16(19)14-8-7-12-4-1-2-5-13(12)10-14/h1-2,4-5,14-15H,3,6-11,17H2. The van der Waals surface area contributed by atoms with Gasteiger partial charge < -0.3 is 10.6 Å². The van der Waals surface area contributed by atoms with Crippen LogP contribution in [0.3, 0.4) is 0 Å². The third kappa shape index (κ3) is 2.39. The molecule has 1 aromatic carbocycles. The van der Waals surface area contributed by atoms with Gasteiger partial charge in [-0.15, -0.1) is 0 Å². The molecule has 0 radical (unpaired) electrons. The topological polar surface area (TPSA) is 46.3 Å². The van der Waals surface area contributed by atoms with E-state index in [-0.39, 0.29) is 12.0 Å². The molecule has 2 aliphatic rings. The Kier molecular flexibility index (Phi) is 3.56. The molecule has 1 amide bonds. The highest BCUT2D eigenvalue weighted by atomic mass is 16.2. The van der Waals surface area contributed by atoms with Crippen molar-refractivity contribution in [2.75, 3.05) is 13.1 Å². The van der Waals surface area contributed by atoms with Gasteiger partial charge in [-0.1, -0.05) is 24.3 Å². The summed E-state index contributed by atoms with van der Waals surface area (Å²) < 4.78 is 0. The molecule has 1 saturated heterocycles. The van der Waals surface area contributed by atoms with Gasteiger partial charge in [0.25, 0.3) is 0 Å². The molecule has 19 heavy (non-hydrogen) atoms. The van der Waals surface area contributed by atoms with Crippen LogP contribution in [0.2, 0.25) is 0 Å². The first-order chi connectivity index (χ1) is 9.29. The lowest BCUT2D eigenvalue weighted by atomic mass is 9.83. The fourth-order valence-electron chi connectivity index (χ4n) is 3.51. The Morgan fingerprint density at radius 3 is 2.84 bits per heavy atom. The molecule has 0 bridgehead atoms. The number of carbonyl (C=O) groups is 1. The van der Waals surface area contributed by atoms with Crippen molar-refractivity contribution < 1.29 is 4.79 Å². The van der Waals surface area contributed by atoms with E-state index >= 15 is 0 Å². The van der Waals surface area contributed by atoms with E-state index in [1.54, 1.807) is 0 Å². The van der Waals surface area contributed by atoms with E-state index in [1.807, 2.05) is 4.90 Å². The molecule has 1 heterocycles. The van der Waals surface area contributed by atoms with Gasteiger partial charge in [0.05, 0.1) is 0 Å². The predicted octanol–water partition coefficient (Wildman–Crippen LogP) is 1.74.